The Morgan fingerprint density at radius 1 is 0.838 bits per heavy atom. The van der Waals surface area contributed by atoms with Gasteiger partial charge in [-0.1, -0.05) is 48.0 Å². The number of hydrazone groups is 1. The molecule has 4 aromatic rings. The normalized spacial score (nSPS) is 16.4. The van der Waals surface area contributed by atoms with Gasteiger partial charge in [-0.2, -0.15) is 5.10 Å². The Bertz CT molecular complexity index is 1610. The van der Waals surface area contributed by atoms with Gasteiger partial charge in [0.15, 0.2) is 0 Å². The number of nitro groups is 2. The molecule has 0 saturated heterocycles. The van der Waals surface area contributed by atoms with E-state index in [4.69, 9.17) is 11.6 Å². The number of non-ortho nitro benzene ring substituents is 1. The fourth-order valence-corrected chi connectivity index (χ4v) is 4.97. The molecule has 37 heavy (non-hydrogen) atoms. The van der Waals surface area contributed by atoms with Crippen molar-refractivity contribution in [2.45, 2.75) is 6.04 Å². The number of hydrogen-bond donors (Lipinski definition) is 1. The highest BCUT2D eigenvalue weighted by atomic mass is 35.5. The molecule has 0 amide bonds. The van der Waals surface area contributed by atoms with E-state index in [0.29, 0.717) is 10.7 Å². The zero-order valence-electron chi connectivity index (χ0n) is 19.0. The Hall–Kier alpha value is -4.96. The van der Waals surface area contributed by atoms with Crippen molar-refractivity contribution < 1.29 is 9.85 Å². The van der Waals surface area contributed by atoms with E-state index >= 15 is 0 Å². The molecule has 0 saturated carbocycles. The summed E-state index contributed by atoms with van der Waals surface area (Å²) in [5, 5.41) is 32.3. The van der Waals surface area contributed by atoms with E-state index in [9.17, 15) is 20.2 Å². The summed E-state index contributed by atoms with van der Waals surface area (Å²) in [6.45, 7) is 0. The van der Waals surface area contributed by atoms with Crippen LogP contribution in [0.15, 0.2) is 96.1 Å². The molecule has 1 N–H and O–H groups in total. The predicted octanol–water partition coefficient (Wildman–Crippen LogP) is 6.60. The number of rotatable bonds is 5. The maximum atomic E-state index is 11.7. The summed E-state index contributed by atoms with van der Waals surface area (Å²) >= 11 is 6.39. The minimum atomic E-state index is -0.677. The van der Waals surface area contributed by atoms with Crippen molar-refractivity contribution in [3.05, 3.63) is 127 Å². The molecule has 1 atom stereocenters. The molecular weight excluding hydrogens is 496 g/mol. The lowest BCUT2D eigenvalue weighted by Gasteiger charge is -2.41. The number of para-hydroxylation sites is 2. The zero-order valence-corrected chi connectivity index (χ0v) is 19.7. The van der Waals surface area contributed by atoms with Crippen LogP contribution in [0.1, 0.15) is 17.2 Å². The van der Waals surface area contributed by atoms with Gasteiger partial charge in [0.05, 0.1) is 38.7 Å². The third-order valence-electron chi connectivity index (χ3n) is 6.35. The first-order valence-corrected chi connectivity index (χ1v) is 11.6. The van der Waals surface area contributed by atoms with Crippen LogP contribution in [0.25, 0.3) is 0 Å². The minimum Gasteiger partial charge on any atom is -0.271 e. The van der Waals surface area contributed by atoms with Crippen LogP contribution in [0.3, 0.4) is 0 Å². The fraction of sp³-hybridized carbons (Fsp3) is 0.0385. The molecule has 2 heterocycles. The van der Waals surface area contributed by atoms with Crippen LogP contribution < -0.4 is 15.4 Å². The van der Waals surface area contributed by atoms with E-state index < -0.39 is 15.5 Å². The molecule has 0 aromatic heterocycles. The Kier molecular flexibility index (Phi) is 5.24. The second kappa shape index (κ2) is 8.61. The van der Waals surface area contributed by atoms with Crippen LogP contribution in [0, 0.1) is 20.2 Å². The Morgan fingerprint density at radius 2 is 1.59 bits per heavy atom. The number of nitro benzene ring substituents is 2. The van der Waals surface area contributed by atoms with E-state index in [1.165, 1.54) is 12.1 Å². The van der Waals surface area contributed by atoms with Crippen molar-refractivity contribution in [2.75, 3.05) is 15.4 Å². The summed E-state index contributed by atoms with van der Waals surface area (Å²) in [4.78, 5) is 21.5. The smallest absolute Gasteiger partial charge is 0.271 e. The summed E-state index contributed by atoms with van der Waals surface area (Å²) in [7, 11) is 0. The second-order valence-corrected chi connectivity index (χ2v) is 8.88. The van der Waals surface area contributed by atoms with Crippen LogP contribution in [-0.2, 0) is 0 Å². The monoisotopic (exact) mass is 512 g/mol. The highest BCUT2D eigenvalue weighted by Crippen LogP contribution is 2.53. The van der Waals surface area contributed by atoms with E-state index in [1.54, 1.807) is 6.07 Å². The van der Waals surface area contributed by atoms with Gasteiger partial charge < -0.3 is 0 Å². The van der Waals surface area contributed by atoms with E-state index in [1.807, 2.05) is 66.7 Å². The van der Waals surface area contributed by atoms with Gasteiger partial charge in [0.1, 0.15) is 11.7 Å². The number of hydrogen-bond acceptors (Lipinski definition) is 8. The van der Waals surface area contributed by atoms with Crippen LogP contribution in [0.5, 0.6) is 0 Å². The molecule has 1 unspecified atom stereocenters. The highest BCUT2D eigenvalue weighted by Gasteiger charge is 2.46. The predicted molar refractivity (Wildman–Crippen MR) is 142 cm³/mol. The van der Waals surface area contributed by atoms with Crippen molar-refractivity contribution in [2.24, 2.45) is 5.10 Å². The number of halogens is 1. The van der Waals surface area contributed by atoms with Gasteiger partial charge in [-0.3, -0.25) is 35.7 Å². The molecule has 182 valence electrons. The number of hydrazine groups is 1. The fourth-order valence-electron chi connectivity index (χ4n) is 4.80. The standard InChI is InChI=1S/C26H17ClN6O4/c27-16-10-13-23-20(14-16)25(29-28-21-12-11-18(32(34)35)15-24(21)33(36)37)26-19-8-4-5-9-22(19)31(23)30(26)17-6-2-1-3-7-17/h1-15,26,28H. The maximum Gasteiger partial charge on any atom is 0.301 e. The summed E-state index contributed by atoms with van der Waals surface area (Å²) in [6.07, 6.45) is 0. The minimum absolute atomic E-state index is 0.0339. The molecule has 0 radical (unpaired) electrons. The molecule has 2 aliphatic heterocycles. The lowest BCUT2D eigenvalue weighted by atomic mass is 9.95. The van der Waals surface area contributed by atoms with Crippen LogP contribution in [0.4, 0.5) is 34.1 Å². The molecule has 2 aliphatic rings. The largest absolute Gasteiger partial charge is 0.301 e. The first kappa shape index (κ1) is 22.5. The van der Waals surface area contributed by atoms with Gasteiger partial charge in [-0.05, 0) is 42.5 Å². The third kappa shape index (κ3) is 3.62. The number of nitrogens with one attached hydrogen (secondary N) is 1. The second-order valence-electron chi connectivity index (χ2n) is 8.44. The Balaban J connectivity index is 1.55. The summed E-state index contributed by atoms with van der Waals surface area (Å²) in [6, 6.07) is 26.4. The molecular formula is C26H17ClN6O4. The molecule has 10 nitrogen and oxygen atoms in total. The van der Waals surface area contributed by atoms with E-state index in [0.717, 1.165) is 34.3 Å². The molecule has 0 fully saturated rings. The SMILES string of the molecule is O=[N+]([O-])c1ccc(NN=C2c3cc(Cl)ccc3N3c4ccccc4C2N3c2ccccc2)c([N+](=O)[O-])c1. The lowest BCUT2D eigenvalue weighted by Crippen LogP contribution is -2.44. The van der Waals surface area contributed by atoms with Crippen molar-refractivity contribution in [1.82, 2.24) is 0 Å². The van der Waals surface area contributed by atoms with E-state index in [-0.39, 0.29) is 17.4 Å². The quantitative estimate of drug-likeness (QED) is 0.236. The zero-order chi connectivity index (χ0) is 25.7. The van der Waals surface area contributed by atoms with Gasteiger partial charge in [-0.25, -0.2) is 0 Å². The molecule has 6 rings (SSSR count). The average molecular weight is 513 g/mol. The van der Waals surface area contributed by atoms with Crippen molar-refractivity contribution >= 4 is 51.4 Å². The third-order valence-corrected chi connectivity index (χ3v) is 6.58. The first-order valence-electron chi connectivity index (χ1n) is 11.2. The average Bonchev–Trinajstić information content (AvgIpc) is 3.19. The number of fused-ring (bicyclic) bond motifs is 7. The van der Waals surface area contributed by atoms with E-state index in [2.05, 4.69) is 20.5 Å². The van der Waals surface area contributed by atoms with Gasteiger partial charge in [-0.15, -0.1) is 0 Å². The maximum absolute atomic E-state index is 11.7. The summed E-state index contributed by atoms with van der Waals surface area (Å²) in [5.74, 6) is 0. The van der Waals surface area contributed by atoms with Gasteiger partial charge >= 0.3 is 5.69 Å². The van der Waals surface area contributed by atoms with Crippen molar-refractivity contribution in [3.63, 3.8) is 0 Å². The molecule has 0 aliphatic carbocycles. The topological polar surface area (TPSA) is 117 Å². The van der Waals surface area contributed by atoms with Crippen LogP contribution in [-0.4, -0.2) is 15.6 Å². The number of nitrogens with zero attached hydrogens (tertiary/aromatic N) is 5. The van der Waals surface area contributed by atoms with Crippen molar-refractivity contribution in [3.8, 4) is 0 Å². The van der Waals surface area contributed by atoms with Crippen LogP contribution >= 0.6 is 11.6 Å². The summed E-state index contributed by atoms with van der Waals surface area (Å²) < 4.78 is 0. The molecule has 2 bridgehead atoms. The first-order chi connectivity index (χ1) is 17.9. The lowest BCUT2D eigenvalue weighted by molar-refractivity contribution is -0.393. The molecule has 0 spiro atoms. The Labute approximate surface area is 215 Å². The summed E-state index contributed by atoms with van der Waals surface area (Å²) in [5.41, 5.74) is 7.12. The number of anilines is 4. The highest BCUT2D eigenvalue weighted by molar-refractivity contribution is 6.31. The Morgan fingerprint density at radius 3 is 2.35 bits per heavy atom. The van der Waals surface area contributed by atoms with Crippen LogP contribution in [0.2, 0.25) is 5.02 Å². The van der Waals surface area contributed by atoms with Gasteiger partial charge in [0.2, 0.25) is 0 Å². The molecule has 11 heteroatoms. The molecule has 4 aromatic carbocycles. The van der Waals surface area contributed by atoms with Gasteiger partial charge in [0, 0.05) is 22.2 Å². The number of benzene rings is 4. The van der Waals surface area contributed by atoms with Gasteiger partial charge in [0.25, 0.3) is 5.69 Å². The van der Waals surface area contributed by atoms with Crippen molar-refractivity contribution in [1.29, 1.82) is 0 Å².